The van der Waals surface area contributed by atoms with Crippen molar-refractivity contribution in [2.24, 2.45) is 0 Å². The minimum Gasteiger partial charge on any atom is -0.464 e. The van der Waals surface area contributed by atoms with Gasteiger partial charge >= 0.3 is 5.97 Å². The second-order valence-corrected chi connectivity index (χ2v) is 7.19. The highest BCUT2D eigenvalue weighted by molar-refractivity contribution is 7.86. The lowest BCUT2D eigenvalue weighted by atomic mass is 10.1. The summed E-state index contributed by atoms with van der Waals surface area (Å²) in [5.74, 6) is -1.04. The molecule has 2 rings (SSSR count). The number of carbonyl (C=O) groups is 1. The van der Waals surface area contributed by atoms with Crippen LogP contribution < -0.4 is 0 Å². The second-order valence-electron chi connectivity index (χ2n) is 5.62. The third-order valence-electron chi connectivity index (χ3n) is 3.67. The molecule has 0 aliphatic carbocycles. The van der Waals surface area contributed by atoms with Gasteiger partial charge in [0.2, 0.25) is 0 Å². The zero-order valence-electron chi connectivity index (χ0n) is 14.4. The van der Waals surface area contributed by atoms with E-state index in [-0.39, 0.29) is 23.7 Å². The minimum atomic E-state index is -4.07. The van der Waals surface area contributed by atoms with Gasteiger partial charge in [-0.1, -0.05) is 30.3 Å². The third kappa shape index (κ3) is 5.93. The predicted octanol–water partition coefficient (Wildman–Crippen LogP) is 3.49. The van der Waals surface area contributed by atoms with Crippen molar-refractivity contribution in [1.29, 1.82) is 0 Å². The van der Waals surface area contributed by atoms with E-state index in [1.807, 2.05) is 0 Å². The summed E-state index contributed by atoms with van der Waals surface area (Å²) < 4.78 is 47.7. The molecule has 0 fully saturated rings. The fourth-order valence-corrected chi connectivity index (χ4v) is 3.46. The zero-order valence-corrected chi connectivity index (χ0v) is 15.2. The lowest BCUT2D eigenvalue weighted by Crippen LogP contribution is -2.29. The Kier molecular flexibility index (Phi) is 7.29. The van der Waals surface area contributed by atoms with Crippen LogP contribution in [0.5, 0.6) is 0 Å². The van der Waals surface area contributed by atoms with Crippen LogP contribution in [0.25, 0.3) is 0 Å². The summed E-state index contributed by atoms with van der Waals surface area (Å²) in [6.07, 6.45) is -0.00676. The summed E-state index contributed by atoms with van der Waals surface area (Å²) in [5.41, 5.74) is 0.889. The Morgan fingerprint density at radius 3 is 2.35 bits per heavy atom. The van der Waals surface area contributed by atoms with Gasteiger partial charge in [0, 0.05) is 0 Å². The Balaban J connectivity index is 2.03. The van der Waals surface area contributed by atoms with E-state index in [0.717, 1.165) is 5.56 Å². The van der Waals surface area contributed by atoms with E-state index >= 15 is 0 Å². The molecular weight excluding hydrogens is 359 g/mol. The van der Waals surface area contributed by atoms with Crippen LogP contribution in [0.4, 0.5) is 4.39 Å². The number of esters is 1. The average Bonchev–Trinajstić information content (AvgIpc) is 2.63. The molecule has 0 heterocycles. The molecule has 0 aliphatic rings. The Morgan fingerprint density at radius 1 is 1.08 bits per heavy atom. The number of benzene rings is 2. The van der Waals surface area contributed by atoms with Crippen molar-refractivity contribution < 1.29 is 26.5 Å². The molecule has 2 aromatic rings. The van der Waals surface area contributed by atoms with Crippen molar-refractivity contribution in [3.8, 4) is 0 Å². The van der Waals surface area contributed by atoms with E-state index in [2.05, 4.69) is 0 Å². The highest BCUT2D eigenvalue weighted by Gasteiger charge is 2.28. The van der Waals surface area contributed by atoms with Crippen molar-refractivity contribution in [2.75, 3.05) is 6.61 Å². The maximum atomic E-state index is 12.9. The molecule has 26 heavy (non-hydrogen) atoms. The summed E-state index contributed by atoms with van der Waals surface area (Å²) in [4.78, 5) is 12.1. The summed E-state index contributed by atoms with van der Waals surface area (Å²) in [6.45, 7) is 1.77. The van der Waals surface area contributed by atoms with Crippen molar-refractivity contribution in [2.45, 2.75) is 37.2 Å². The first-order chi connectivity index (χ1) is 12.4. The fourth-order valence-electron chi connectivity index (χ4n) is 2.38. The fraction of sp³-hybridized carbons (Fsp3) is 0.316. The number of rotatable bonds is 9. The molecule has 0 amide bonds. The summed E-state index contributed by atoms with van der Waals surface area (Å²) in [6, 6.07) is 13.6. The van der Waals surface area contributed by atoms with E-state index in [9.17, 15) is 17.6 Å². The Morgan fingerprint density at radius 2 is 1.73 bits per heavy atom. The van der Waals surface area contributed by atoms with Crippen LogP contribution >= 0.6 is 0 Å². The van der Waals surface area contributed by atoms with Crippen LogP contribution in [0.15, 0.2) is 59.5 Å². The highest BCUT2D eigenvalue weighted by Crippen LogP contribution is 2.18. The van der Waals surface area contributed by atoms with Gasteiger partial charge in [-0.15, -0.1) is 0 Å². The van der Waals surface area contributed by atoms with Gasteiger partial charge in [0.1, 0.15) is 5.82 Å². The molecule has 0 N–H and O–H groups in total. The van der Waals surface area contributed by atoms with Gasteiger partial charge in [-0.3, -0.25) is 4.18 Å². The van der Waals surface area contributed by atoms with Gasteiger partial charge in [0.25, 0.3) is 10.1 Å². The van der Waals surface area contributed by atoms with E-state index in [4.69, 9.17) is 8.92 Å². The molecule has 0 bridgehead atoms. The van der Waals surface area contributed by atoms with Crippen LogP contribution in [-0.2, 0) is 30.3 Å². The van der Waals surface area contributed by atoms with Gasteiger partial charge in [-0.25, -0.2) is 9.18 Å². The molecule has 5 nitrogen and oxygen atoms in total. The Labute approximate surface area is 152 Å². The summed E-state index contributed by atoms with van der Waals surface area (Å²) in [7, 11) is -4.07. The lowest BCUT2D eigenvalue weighted by molar-refractivity contribution is -0.151. The molecule has 1 atom stereocenters. The molecular formula is C19H21FO5S. The number of halogens is 1. The number of hydrogen-bond donors (Lipinski definition) is 0. The van der Waals surface area contributed by atoms with Crippen LogP contribution in [0.2, 0.25) is 0 Å². The molecule has 2 aromatic carbocycles. The topological polar surface area (TPSA) is 69.7 Å². The van der Waals surface area contributed by atoms with E-state index in [1.165, 1.54) is 24.3 Å². The first-order valence-corrected chi connectivity index (χ1v) is 9.72. The van der Waals surface area contributed by atoms with Gasteiger partial charge in [-0.2, -0.15) is 8.42 Å². The lowest BCUT2D eigenvalue weighted by Gasteiger charge is -2.16. The number of ether oxygens (including phenoxy) is 1. The van der Waals surface area contributed by atoms with E-state index in [0.29, 0.717) is 12.8 Å². The van der Waals surface area contributed by atoms with Crippen LogP contribution in [-0.4, -0.2) is 27.1 Å². The van der Waals surface area contributed by atoms with Crippen LogP contribution in [0.1, 0.15) is 25.3 Å². The molecule has 0 unspecified atom stereocenters. The zero-order chi connectivity index (χ0) is 19.0. The average molecular weight is 380 g/mol. The maximum Gasteiger partial charge on any atom is 0.336 e. The number of carbonyl (C=O) groups excluding carboxylic acids is 1. The van der Waals surface area contributed by atoms with Gasteiger partial charge in [0.15, 0.2) is 6.10 Å². The smallest absolute Gasteiger partial charge is 0.336 e. The minimum absolute atomic E-state index is 0.0205. The first-order valence-electron chi connectivity index (χ1n) is 8.32. The number of hydrogen-bond acceptors (Lipinski definition) is 5. The van der Waals surface area contributed by atoms with Crippen LogP contribution in [0.3, 0.4) is 0 Å². The molecule has 0 radical (unpaired) electrons. The van der Waals surface area contributed by atoms with Crippen molar-refractivity contribution in [3.05, 3.63) is 66.0 Å². The quantitative estimate of drug-likeness (QED) is 0.492. The highest BCUT2D eigenvalue weighted by atomic mass is 32.2. The third-order valence-corrected chi connectivity index (χ3v) is 5.00. The Hall–Kier alpha value is -2.25. The molecule has 0 saturated heterocycles. The summed E-state index contributed by atoms with van der Waals surface area (Å²) >= 11 is 0. The van der Waals surface area contributed by atoms with Gasteiger partial charge in [-0.05, 0) is 56.0 Å². The number of aryl methyl sites for hydroxylation is 1. The SMILES string of the molecule is CCOC(=O)[C@@H](CCCc1ccc(F)cc1)OS(=O)(=O)c1ccccc1. The Bertz CT molecular complexity index is 804. The molecule has 0 saturated carbocycles. The van der Waals surface area contributed by atoms with E-state index in [1.54, 1.807) is 37.3 Å². The van der Waals surface area contributed by atoms with Crippen molar-refractivity contribution in [3.63, 3.8) is 0 Å². The molecule has 0 spiro atoms. The molecule has 140 valence electrons. The van der Waals surface area contributed by atoms with Crippen molar-refractivity contribution >= 4 is 16.1 Å². The monoisotopic (exact) mass is 380 g/mol. The molecule has 0 aromatic heterocycles. The second kappa shape index (κ2) is 9.45. The molecule has 7 heteroatoms. The van der Waals surface area contributed by atoms with Crippen molar-refractivity contribution in [1.82, 2.24) is 0 Å². The van der Waals surface area contributed by atoms with E-state index < -0.39 is 22.2 Å². The molecule has 0 aliphatic heterocycles. The maximum absolute atomic E-state index is 12.9. The standard InChI is InChI=1S/C19H21FO5S/c1-2-24-19(21)18(10-6-7-15-11-13-16(20)14-12-15)25-26(22,23)17-8-4-3-5-9-17/h3-5,8-9,11-14,18H,2,6-7,10H2,1H3/t18-/m1/s1. The predicted molar refractivity (Wildman–Crippen MR) is 94.5 cm³/mol. The van der Waals surface area contributed by atoms with Crippen LogP contribution in [0, 0.1) is 5.82 Å². The largest absolute Gasteiger partial charge is 0.464 e. The van der Waals surface area contributed by atoms with Gasteiger partial charge in [0.05, 0.1) is 11.5 Å². The van der Waals surface area contributed by atoms with Gasteiger partial charge < -0.3 is 4.74 Å². The normalized spacial score (nSPS) is 12.5. The summed E-state index contributed by atoms with van der Waals surface area (Å²) in [5, 5.41) is 0. The first kappa shape index (κ1) is 20.1.